The van der Waals surface area contributed by atoms with E-state index in [1.807, 2.05) is 18.2 Å². The molecule has 1 amide bonds. The number of aromatic carboxylic acids is 1. The Morgan fingerprint density at radius 3 is 2.39 bits per heavy atom. The fourth-order valence-electron chi connectivity index (χ4n) is 2.36. The number of carbonyl (C=O) groups is 2. The molecule has 2 aromatic rings. The number of hydrogen-bond acceptors (Lipinski definition) is 4. The summed E-state index contributed by atoms with van der Waals surface area (Å²) in [6, 6.07) is 11.4. The van der Waals surface area contributed by atoms with Crippen molar-refractivity contribution in [1.82, 2.24) is 4.90 Å². The van der Waals surface area contributed by atoms with Crippen LogP contribution in [0.5, 0.6) is 11.5 Å². The molecule has 1 aliphatic heterocycles. The molecule has 1 heterocycles. The molecule has 0 aromatic heterocycles. The maximum Gasteiger partial charge on any atom is 0.335 e. The van der Waals surface area contributed by atoms with Gasteiger partial charge in [-0.25, -0.2) is 4.79 Å². The van der Waals surface area contributed by atoms with Crippen molar-refractivity contribution in [2.24, 2.45) is 0 Å². The van der Waals surface area contributed by atoms with Gasteiger partial charge in [0.25, 0.3) is 5.91 Å². The first-order chi connectivity index (χ1) is 11.0. The van der Waals surface area contributed by atoms with Crippen molar-refractivity contribution in [2.45, 2.75) is 6.54 Å². The van der Waals surface area contributed by atoms with Crippen LogP contribution in [0.2, 0.25) is 0 Å². The molecule has 118 valence electrons. The van der Waals surface area contributed by atoms with Crippen molar-refractivity contribution < 1.29 is 24.2 Å². The van der Waals surface area contributed by atoms with E-state index in [9.17, 15) is 9.59 Å². The second-order valence-electron chi connectivity index (χ2n) is 5.23. The summed E-state index contributed by atoms with van der Waals surface area (Å²) in [5, 5.41) is 8.88. The van der Waals surface area contributed by atoms with Gasteiger partial charge in [-0.05, 0) is 42.0 Å². The highest BCUT2D eigenvalue weighted by atomic mass is 16.7. The third-order valence-electron chi connectivity index (χ3n) is 3.58. The van der Waals surface area contributed by atoms with Gasteiger partial charge in [-0.15, -0.1) is 0 Å². The minimum Gasteiger partial charge on any atom is -0.478 e. The Hall–Kier alpha value is -3.02. The minimum atomic E-state index is -1.02. The summed E-state index contributed by atoms with van der Waals surface area (Å²) in [5.74, 6) is 0.179. The number of carbonyl (C=O) groups excluding carboxylic acids is 1. The fourth-order valence-corrected chi connectivity index (χ4v) is 2.36. The van der Waals surface area contributed by atoms with E-state index >= 15 is 0 Å². The number of rotatable bonds is 4. The zero-order valence-electron chi connectivity index (χ0n) is 12.5. The molecule has 2 aromatic carbocycles. The number of ether oxygens (including phenoxy) is 2. The molecule has 0 atom stereocenters. The SMILES string of the molecule is CN(Cc1ccc2c(c1)OCO2)C(=O)c1ccc(C(=O)O)cc1. The smallest absolute Gasteiger partial charge is 0.335 e. The zero-order valence-corrected chi connectivity index (χ0v) is 12.5. The highest BCUT2D eigenvalue weighted by Gasteiger charge is 2.16. The molecule has 0 saturated heterocycles. The molecule has 0 aliphatic carbocycles. The standard InChI is InChI=1S/C17H15NO5/c1-18(9-11-2-7-14-15(8-11)23-10-22-14)16(19)12-3-5-13(6-4-12)17(20)21/h2-8H,9-10H2,1H3,(H,20,21). The molecular weight excluding hydrogens is 298 g/mol. The molecular formula is C17H15NO5. The number of nitrogens with zero attached hydrogens (tertiary/aromatic N) is 1. The van der Waals surface area contributed by atoms with E-state index in [-0.39, 0.29) is 18.3 Å². The van der Waals surface area contributed by atoms with Crippen LogP contribution >= 0.6 is 0 Å². The van der Waals surface area contributed by atoms with E-state index in [1.165, 1.54) is 24.3 Å². The van der Waals surface area contributed by atoms with Crippen molar-refractivity contribution >= 4 is 11.9 Å². The maximum atomic E-state index is 12.4. The van der Waals surface area contributed by atoms with E-state index < -0.39 is 5.97 Å². The quantitative estimate of drug-likeness (QED) is 0.938. The van der Waals surface area contributed by atoms with Gasteiger partial charge in [0.1, 0.15) is 0 Å². The lowest BCUT2D eigenvalue weighted by Crippen LogP contribution is -2.26. The van der Waals surface area contributed by atoms with E-state index in [0.29, 0.717) is 23.6 Å². The molecule has 0 unspecified atom stereocenters. The molecule has 1 aliphatic rings. The summed E-state index contributed by atoms with van der Waals surface area (Å²) in [5.41, 5.74) is 1.52. The molecule has 0 saturated carbocycles. The van der Waals surface area contributed by atoms with Gasteiger partial charge in [-0.2, -0.15) is 0 Å². The molecule has 6 nitrogen and oxygen atoms in total. The lowest BCUT2D eigenvalue weighted by molar-refractivity contribution is 0.0695. The number of hydrogen-bond donors (Lipinski definition) is 1. The van der Waals surface area contributed by atoms with Crippen LogP contribution in [0.3, 0.4) is 0 Å². The highest BCUT2D eigenvalue weighted by Crippen LogP contribution is 2.32. The summed E-state index contributed by atoms with van der Waals surface area (Å²) >= 11 is 0. The molecule has 0 fully saturated rings. The third kappa shape index (κ3) is 3.11. The zero-order chi connectivity index (χ0) is 16.4. The number of amides is 1. The van der Waals surface area contributed by atoms with E-state index in [1.54, 1.807) is 11.9 Å². The van der Waals surface area contributed by atoms with Crippen LogP contribution in [0.4, 0.5) is 0 Å². The number of carboxylic acids is 1. The predicted molar refractivity (Wildman–Crippen MR) is 81.8 cm³/mol. The van der Waals surface area contributed by atoms with Gasteiger partial charge < -0.3 is 19.5 Å². The van der Waals surface area contributed by atoms with Gasteiger partial charge >= 0.3 is 5.97 Å². The second-order valence-corrected chi connectivity index (χ2v) is 5.23. The van der Waals surface area contributed by atoms with E-state index in [2.05, 4.69) is 0 Å². The first kappa shape index (κ1) is 14.9. The van der Waals surface area contributed by atoms with Crippen LogP contribution in [0, 0.1) is 0 Å². The Morgan fingerprint density at radius 1 is 1.04 bits per heavy atom. The van der Waals surface area contributed by atoms with Crippen molar-refractivity contribution in [1.29, 1.82) is 0 Å². The molecule has 0 radical (unpaired) electrons. The summed E-state index contributed by atoms with van der Waals surface area (Å²) in [6.07, 6.45) is 0. The fraction of sp³-hybridized carbons (Fsp3) is 0.176. The van der Waals surface area contributed by atoms with Crippen molar-refractivity contribution in [3.05, 3.63) is 59.2 Å². The van der Waals surface area contributed by atoms with Gasteiger partial charge in [-0.1, -0.05) is 6.07 Å². The Bertz CT molecular complexity index is 754. The van der Waals surface area contributed by atoms with Crippen molar-refractivity contribution in [3.8, 4) is 11.5 Å². The first-order valence-electron chi connectivity index (χ1n) is 7.02. The van der Waals surface area contributed by atoms with Crippen LogP contribution in [0.15, 0.2) is 42.5 Å². The topological polar surface area (TPSA) is 76.1 Å². The Labute approximate surface area is 132 Å². The number of benzene rings is 2. The van der Waals surface area contributed by atoms with Crippen LogP contribution in [-0.2, 0) is 6.54 Å². The van der Waals surface area contributed by atoms with Crippen molar-refractivity contribution in [3.63, 3.8) is 0 Å². The number of fused-ring (bicyclic) bond motifs is 1. The van der Waals surface area contributed by atoms with Gasteiger partial charge in [0.05, 0.1) is 5.56 Å². The molecule has 1 N–H and O–H groups in total. The molecule has 23 heavy (non-hydrogen) atoms. The van der Waals surface area contributed by atoms with Crippen LogP contribution in [0.25, 0.3) is 0 Å². The second kappa shape index (κ2) is 6.00. The van der Waals surface area contributed by atoms with Gasteiger partial charge in [-0.3, -0.25) is 4.79 Å². The number of carboxylic acid groups (broad SMARTS) is 1. The average molecular weight is 313 g/mol. The Balaban J connectivity index is 1.71. The summed E-state index contributed by atoms with van der Waals surface area (Å²) in [6.45, 7) is 0.625. The highest BCUT2D eigenvalue weighted by molar-refractivity contribution is 5.95. The summed E-state index contributed by atoms with van der Waals surface area (Å²) < 4.78 is 10.6. The Morgan fingerprint density at radius 2 is 1.70 bits per heavy atom. The molecule has 0 spiro atoms. The lowest BCUT2D eigenvalue weighted by atomic mass is 10.1. The molecule has 0 bridgehead atoms. The predicted octanol–water partition coefficient (Wildman–Crippen LogP) is 2.39. The summed E-state index contributed by atoms with van der Waals surface area (Å²) in [4.78, 5) is 24.8. The van der Waals surface area contributed by atoms with E-state index in [0.717, 1.165) is 5.56 Å². The normalized spacial score (nSPS) is 12.0. The van der Waals surface area contributed by atoms with Gasteiger partial charge in [0, 0.05) is 19.2 Å². The van der Waals surface area contributed by atoms with E-state index in [4.69, 9.17) is 14.6 Å². The molecule has 3 rings (SSSR count). The average Bonchev–Trinajstić information content (AvgIpc) is 3.01. The Kier molecular flexibility index (Phi) is 3.89. The maximum absolute atomic E-state index is 12.4. The molecule has 6 heteroatoms. The first-order valence-corrected chi connectivity index (χ1v) is 7.02. The summed E-state index contributed by atoms with van der Waals surface area (Å²) in [7, 11) is 1.69. The largest absolute Gasteiger partial charge is 0.478 e. The third-order valence-corrected chi connectivity index (χ3v) is 3.58. The lowest BCUT2D eigenvalue weighted by Gasteiger charge is -2.17. The minimum absolute atomic E-state index is 0.153. The van der Waals surface area contributed by atoms with Crippen molar-refractivity contribution in [2.75, 3.05) is 13.8 Å². The van der Waals surface area contributed by atoms with Crippen LogP contribution < -0.4 is 9.47 Å². The van der Waals surface area contributed by atoms with Crippen LogP contribution in [-0.4, -0.2) is 35.7 Å². The monoisotopic (exact) mass is 313 g/mol. The van der Waals surface area contributed by atoms with Gasteiger partial charge in [0.15, 0.2) is 11.5 Å². The van der Waals surface area contributed by atoms with Gasteiger partial charge in [0.2, 0.25) is 6.79 Å². The van der Waals surface area contributed by atoms with Crippen LogP contribution in [0.1, 0.15) is 26.3 Å².